The van der Waals surface area contributed by atoms with Crippen molar-refractivity contribution in [3.05, 3.63) is 59.7 Å². The number of aliphatic imine (C=N–C) groups is 1. The molecule has 0 aliphatic heterocycles. The van der Waals surface area contributed by atoms with Crippen LogP contribution in [0.4, 0.5) is 5.69 Å². The Kier molecular flexibility index (Phi) is 4.49. The molecule has 0 bridgehead atoms. The van der Waals surface area contributed by atoms with E-state index in [9.17, 15) is 4.79 Å². The molecule has 0 heterocycles. The Morgan fingerprint density at radius 1 is 1.05 bits per heavy atom. The number of hydrogen-bond acceptors (Lipinski definition) is 3. The summed E-state index contributed by atoms with van der Waals surface area (Å²) in [6.07, 6.45) is 2.38. The van der Waals surface area contributed by atoms with Crippen molar-refractivity contribution in [2.24, 2.45) is 4.99 Å². The molecule has 3 nitrogen and oxygen atoms in total. The molecule has 0 fully saturated rings. The van der Waals surface area contributed by atoms with Crippen molar-refractivity contribution in [1.82, 2.24) is 0 Å². The maximum absolute atomic E-state index is 10.1. The van der Waals surface area contributed by atoms with Crippen LogP contribution < -0.4 is 4.74 Å². The third-order valence-electron chi connectivity index (χ3n) is 2.79. The van der Waals surface area contributed by atoms with Crippen molar-refractivity contribution in [2.75, 3.05) is 6.61 Å². The highest BCUT2D eigenvalue weighted by Gasteiger charge is 1.96. The lowest BCUT2D eigenvalue weighted by atomic mass is 10.1. The van der Waals surface area contributed by atoms with Gasteiger partial charge < -0.3 is 4.74 Å². The van der Waals surface area contributed by atoms with E-state index in [0.717, 1.165) is 12.2 Å². The van der Waals surface area contributed by atoms with Crippen LogP contribution in [0.2, 0.25) is 0 Å². The highest BCUT2D eigenvalue weighted by molar-refractivity contribution is 5.50. The standard InChI is InChI=1S/C16H15NO2/c1-13-2-4-14(5-3-13)10-11-19-16-8-6-15(7-9-16)17-12-18/h2-9H,10-11H2,1H3. The minimum atomic E-state index is 0.584. The molecule has 0 saturated heterocycles. The van der Waals surface area contributed by atoms with Gasteiger partial charge in [0.25, 0.3) is 0 Å². The summed E-state index contributed by atoms with van der Waals surface area (Å²) in [5.74, 6) is 0.775. The third kappa shape index (κ3) is 4.09. The molecule has 0 aliphatic carbocycles. The Morgan fingerprint density at radius 2 is 1.74 bits per heavy atom. The molecule has 2 aromatic rings. The fourth-order valence-corrected chi connectivity index (χ4v) is 1.71. The van der Waals surface area contributed by atoms with Gasteiger partial charge in [0.15, 0.2) is 0 Å². The molecular weight excluding hydrogens is 238 g/mol. The smallest absolute Gasteiger partial charge is 0.240 e. The van der Waals surface area contributed by atoms with E-state index in [-0.39, 0.29) is 0 Å². The molecule has 0 unspecified atom stereocenters. The monoisotopic (exact) mass is 253 g/mol. The highest BCUT2D eigenvalue weighted by Crippen LogP contribution is 2.17. The van der Waals surface area contributed by atoms with Crippen molar-refractivity contribution in [1.29, 1.82) is 0 Å². The molecule has 0 aliphatic rings. The second kappa shape index (κ2) is 6.53. The number of aryl methyl sites for hydroxylation is 1. The van der Waals surface area contributed by atoms with Gasteiger partial charge >= 0.3 is 0 Å². The molecular formula is C16H15NO2. The second-order valence-corrected chi connectivity index (χ2v) is 4.28. The molecule has 0 aromatic heterocycles. The fourth-order valence-electron chi connectivity index (χ4n) is 1.71. The summed E-state index contributed by atoms with van der Waals surface area (Å²) in [5.41, 5.74) is 3.10. The predicted molar refractivity (Wildman–Crippen MR) is 74.6 cm³/mol. The molecule has 2 aromatic carbocycles. The summed E-state index contributed by atoms with van der Waals surface area (Å²) in [4.78, 5) is 13.6. The van der Waals surface area contributed by atoms with Gasteiger partial charge in [0.1, 0.15) is 5.75 Å². The van der Waals surface area contributed by atoms with Crippen LogP contribution in [-0.2, 0) is 11.2 Å². The Bertz CT molecular complexity index is 567. The van der Waals surface area contributed by atoms with Crippen LogP contribution in [0.1, 0.15) is 11.1 Å². The van der Waals surface area contributed by atoms with Crippen LogP contribution in [0.5, 0.6) is 5.75 Å². The van der Waals surface area contributed by atoms with E-state index in [1.807, 2.05) is 0 Å². The molecule has 96 valence electrons. The van der Waals surface area contributed by atoms with Gasteiger partial charge in [-0.15, -0.1) is 0 Å². The summed E-state index contributed by atoms with van der Waals surface area (Å²) in [7, 11) is 0. The van der Waals surface area contributed by atoms with Crippen molar-refractivity contribution in [3.8, 4) is 5.75 Å². The van der Waals surface area contributed by atoms with Crippen molar-refractivity contribution in [3.63, 3.8) is 0 Å². The number of rotatable bonds is 5. The SMILES string of the molecule is Cc1ccc(CCOc2ccc(N=C=O)cc2)cc1. The molecule has 0 saturated carbocycles. The zero-order chi connectivity index (χ0) is 13.5. The highest BCUT2D eigenvalue weighted by atomic mass is 16.5. The summed E-state index contributed by atoms with van der Waals surface area (Å²) in [5, 5.41) is 0. The first-order chi connectivity index (χ1) is 9.28. The number of carbonyl (C=O) groups excluding carboxylic acids is 1. The topological polar surface area (TPSA) is 38.7 Å². The Hall–Kier alpha value is -2.38. The third-order valence-corrected chi connectivity index (χ3v) is 2.79. The maximum Gasteiger partial charge on any atom is 0.240 e. The average Bonchev–Trinajstić information content (AvgIpc) is 2.43. The summed E-state index contributed by atoms with van der Waals surface area (Å²) in [6.45, 7) is 2.70. The van der Waals surface area contributed by atoms with Crippen LogP contribution in [-0.4, -0.2) is 12.7 Å². The first-order valence-electron chi connectivity index (χ1n) is 6.14. The Balaban J connectivity index is 1.85. The van der Waals surface area contributed by atoms with E-state index in [2.05, 4.69) is 36.2 Å². The lowest BCUT2D eigenvalue weighted by Gasteiger charge is -2.06. The van der Waals surface area contributed by atoms with E-state index in [1.165, 1.54) is 17.2 Å². The van der Waals surface area contributed by atoms with Gasteiger partial charge in [0, 0.05) is 6.42 Å². The number of hydrogen-bond donors (Lipinski definition) is 0. The van der Waals surface area contributed by atoms with Crippen LogP contribution in [0.3, 0.4) is 0 Å². The number of isocyanates is 1. The molecule has 2 rings (SSSR count). The van der Waals surface area contributed by atoms with Gasteiger partial charge in [-0.1, -0.05) is 29.8 Å². The van der Waals surface area contributed by atoms with Gasteiger partial charge in [0.2, 0.25) is 6.08 Å². The molecule has 0 amide bonds. The van der Waals surface area contributed by atoms with Crippen LogP contribution >= 0.6 is 0 Å². The number of benzene rings is 2. The molecule has 0 atom stereocenters. The molecule has 0 radical (unpaired) electrons. The minimum absolute atomic E-state index is 0.584. The van der Waals surface area contributed by atoms with Gasteiger partial charge in [-0.2, -0.15) is 4.99 Å². The van der Waals surface area contributed by atoms with Gasteiger partial charge in [-0.25, -0.2) is 4.79 Å². The van der Waals surface area contributed by atoms with Crippen LogP contribution in [0.15, 0.2) is 53.5 Å². The minimum Gasteiger partial charge on any atom is -0.493 e. The Labute approximate surface area is 112 Å². The Morgan fingerprint density at radius 3 is 2.37 bits per heavy atom. The number of nitrogens with zero attached hydrogens (tertiary/aromatic N) is 1. The normalized spacial score (nSPS) is 9.74. The van der Waals surface area contributed by atoms with Crippen molar-refractivity contribution >= 4 is 11.8 Å². The maximum atomic E-state index is 10.1. The summed E-state index contributed by atoms with van der Waals surface area (Å²) < 4.78 is 5.63. The van der Waals surface area contributed by atoms with Crippen LogP contribution in [0, 0.1) is 6.92 Å². The fraction of sp³-hybridized carbons (Fsp3) is 0.188. The van der Waals surface area contributed by atoms with Gasteiger partial charge in [-0.05, 0) is 36.8 Å². The van der Waals surface area contributed by atoms with Gasteiger partial charge in [-0.3, -0.25) is 0 Å². The van der Waals surface area contributed by atoms with E-state index >= 15 is 0 Å². The lowest BCUT2D eigenvalue weighted by molar-refractivity contribution is 0.322. The van der Waals surface area contributed by atoms with Crippen molar-refractivity contribution < 1.29 is 9.53 Å². The second-order valence-electron chi connectivity index (χ2n) is 4.28. The van der Waals surface area contributed by atoms with E-state index < -0.39 is 0 Å². The lowest BCUT2D eigenvalue weighted by Crippen LogP contribution is -2.01. The van der Waals surface area contributed by atoms with E-state index in [0.29, 0.717) is 12.3 Å². The quantitative estimate of drug-likeness (QED) is 0.603. The number of ether oxygens (including phenoxy) is 1. The van der Waals surface area contributed by atoms with Gasteiger partial charge in [0.05, 0.1) is 12.3 Å². The van der Waals surface area contributed by atoms with E-state index in [4.69, 9.17) is 4.74 Å². The van der Waals surface area contributed by atoms with E-state index in [1.54, 1.807) is 24.3 Å². The molecule has 19 heavy (non-hydrogen) atoms. The molecule has 0 N–H and O–H groups in total. The zero-order valence-corrected chi connectivity index (χ0v) is 10.8. The van der Waals surface area contributed by atoms with Crippen molar-refractivity contribution in [2.45, 2.75) is 13.3 Å². The first kappa shape index (κ1) is 13.1. The van der Waals surface area contributed by atoms with Crippen LogP contribution in [0.25, 0.3) is 0 Å². The zero-order valence-electron chi connectivity index (χ0n) is 10.8. The molecule has 3 heteroatoms. The first-order valence-corrected chi connectivity index (χ1v) is 6.14. The largest absolute Gasteiger partial charge is 0.493 e. The summed E-state index contributed by atoms with van der Waals surface area (Å²) in [6, 6.07) is 15.5. The average molecular weight is 253 g/mol. The molecule has 0 spiro atoms. The summed E-state index contributed by atoms with van der Waals surface area (Å²) >= 11 is 0. The predicted octanol–water partition coefficient (Wildman–Crippen LogP) is 3.58.